The zero-order valence-corrected chi connectivity index (χ0v) is 18.9. The van der Waals surface area contributed by atoms with E-state index in [0.717, 1.165) is 6.42 Å². The number of amides is 3. The van der Waals surface area contributed by atoms with Crippen molar-refractivity contribution in [1.82, 2.24) is 15.5 Å². The number of methoxy groups -OCH3 is 2. The molecule has 0 aliphatic rings. The van der Waals surface area contributed by atoms with Gasteiger partial charge in [-0.1, -0.05) is 27.7 Å². The molecule has 1 rings (SSSR count). The first-order valence-corrected chi connectivity index (χ1v) is 10.4. The van der Waals surface area contributed by atoms with Crippen molar-refractivity contribution in [3.63, 3.8) is 0 Å². The van der Waals surface area contributed by atoms with Gasteiger partial charge in [-0.2, -0.15) is 0 Å². The fourth-order valence-corrected chi connectivity index (χ4v) is 2.90. The van der Waals surface area contributed by atoms with E-state index in [4.69, 9.17) is 9.47 Å². The molecule has 0 saturated heterocycles. The fraction of sp³-hybridized carbons (Fsp3) is 0.591. The Kier molecular flexibility index (Phi) is 10.7. The molecule has 0 spiro atoms. The van der Waals surface area contributed by atoms with Crippen molar-refractivity contribution in [2.75, 3.05) is 33.9 Å². The number of carbonyl (C=O) groups is 3. The summed E-state index contributed by atoms with van der Waals surface area (Å²) in [5.41, 5.74) is 0.326. The van der Waals surface area contributed by atoms with Gasteiger partial charge in [-0.05, 0) is 30.9 Å². The van der Waals surface area contributed by atoms with Crippen LogP contribution in [0.1, 0.15) is 50.9 Å². The minimum absolute atomic E-state index is 0.0290. The molecule has 1 aromatic rings. The monoisotopic (exact) mass is 421 g/mol. The number of benzene rings is 1. The van der Waals surface area contributed by atoms with Gasteiger partial charge in [0.1, 0.15) is 17.5 Å². The zero-order chi connectivity index (χ0) is 22.7. The molecule has 0 aliphatic carbocycles. The third kappa shape index (κ3) is 7.57. The highest BCUT2D eigenvalue weighted by molar-refractivity contribution is 5.98. The molecule has 0 aliphatic heterocycles. The molecule has 0 fully saturated rings. The lowest BCUT2D eigenvalue weighted by molar-refractivity contribution is -0.138. The number of rotatable bonds is 12. The van der Waals surface area contributed by atoms with E-state index < -0.39 is 11.9 Å². The number of hydrogen-bond acceptors (Lipinski definition) is 5. The van der Waals surface area contributed by atoms with Crippen molar-refractivity contribution in [3.8, 4) is 11.5 Å². The van der Waals surface area contributed by atoms with Crippen molar-refractivity contribution in [2.24, 2.45) is 5.92 Å². The summed E-state index contributed by atoms with van der Waals surface area (Å²) in [6.45, 7) is 8.59. The maximum atomic E-state index is 13.2. The van der Waals surface area contributed by atoms with Gasteiger partial charge in [0.2, 0.25) is 11.8 Å². The highest BCUT2D eigenvalue weighted by atomic mass is 16.5. The molecule has 0 saturated carbocycles. The van der Waals surface area contributed by atoms with Gasteiger partial charge in [0.05, 0.1) is 20.8 Å². The van der Waals surface area contributed by atoms with E-state index in [1.807, 2.05) is 27.7 Å². The van der Waals surface area contributed by atoms with Crippen LogP contribution in [0.3, 0.4) is 0 Å². The van der Waals surface area contributed by atoms with E-state index in [2.05, 4.69) is 10.6 Å². The second-order valence-electron chi connectivity index (χ2n) is 7.41. The summed E-state index contributed by atoms with van der Waals surface area (Å²) in [6.07, 6.45) is 1.53. The maximum absolute atomic E-state index is 13.2. The summed E-state index contributed by atoms with van der Waals surface area (Å²) in [7, 11) is 3.01. The van der Waals surface area contributed by atoms with Crippen LogP contribution >= 0.6 is 0 Å². The van der Waals surface area contributed by atoms with E-state index in [1.54, 1.807) is 18.2 Å². The van der Waals surface area contributed by atoms with Crippen LogP contribution in [0.5, 0.6) is 11.5 Å². The van der Waals surface area contributed by atoms with Gasteiger partial charge in [0.25, 0.3) is 5.91 Å². The Hall–Kier alpha value is -2.77. The van der Waals surface area contributed by atoms with Crippen LogP contribution in [0.4, 0.5) is 0 Å². The predicted octanol–water partition coefficient (Wildman–Crippen LogP) is 2.22. The number of carbonyl (C=O) groups excluding carboxylic acids is 3. The first-order valence-electron chi connectivity index (χ1n) is 10.4. The molecule has 0 unspecified atom stereocenters. The van der Waals surface area contributed by atoms with Crippen LogP contribution in [0.2, 0.25) is 0 Å². The Bertz CT molecular complexity index is 698. The van der Waals surface area contributed by atoms with Crippen LogP contribution in [0.15, 0.2) is 18.2 Å². The molecule has 2 N–H and O–H groups in total. The Labute approximate surface area is 179 Å². The van der Waals surface area contributed by atoms with Crippen molar-refractivity contribution < 1.29 is 23.9 Å². The van der Waals surface area contributed by atoms with E-state index in [0.29, 0.717) is 36.6 Å². The molecular formula is C22H35N3O5. The van der Waals surface area contributed by atoms with Gasteiger partial charge in [0, 0.05) is 24.7 Å². The Balaban J connectivity index is 3.02. The molecule has 0 bridgehead atoms. The standard InChI is InChI=1S/C22H35N3O5/c1-7-9-23-19(26)14-25(10-8-2)22(28)20(15(3)4)24-21(27)16-11-17(29-5)13-18(12-16)30-6/h11-13,15,20H,7-10,14H2,1-6H3,(H,23,26)(H,24,27)/t20-/m0/s1. The average Bonchev–Trinajstić information content (AvgIpc) is 2.74. The van der Waals surface area contributed by atoms with Crippen molar-refractivity contribution in [3.05, 3.63) is 23.8 Å². The lowest BCUT2D eigenvalue weighted by Gasteiger charge is -2.29. The Morgan fingerprint density at radius 2 is 1.60 bits per heavy atom. The van der Waals surface area contributed by atoms with Gasteiger partial charge < -0.3 is 25.0 Å². The normalized spacial score (nSPS) is 11.6. The Morgan fingerprint density at radius 3 is 2.07 bits per heavy atom. The van der Waals surface area contributed by atoms with E-state index in [-0.39, 0.29) is 24.3 Å². The summed E-state index contributed by atoms with van der Waals surface area (Å²) in [5.74, 6) is -0.0934. The lowest BCUT2D eigenvalue weighted by Crippen LogP contribution is -2.53. The van der Waals surface area contributed by atoms with Crippen molar-refractivity contribution in [2.45, 2.75) is 46.6 Å². The SMILES string of the molecule is CCCNC(=O)CN(CCC)C(=O)[C@@H](NC(=O)c1cc(OC)cc(OC)c1)C(C)C. The molecule has 3 amide bonds. The van der Waals surface area contributed by atoms with Crippen LogP contribution in [-0.4, -0.2) is 62.5 Å². The van der Waals surface area contributed by atoms with Crippen LogP contribution < -0.4 is 20.1 Å². The molecule has 30 heavy (non-hydrogen) atoms. The molecular weight excluding hydrogens is 386 g/mol. The number of ether oxygens (including phenoxy) is 2. The quantitative estimate of drug-likeness (QED) is 0.539. The highest BCUT2D eigenvalue weighted by Crippen LogP contribution is 2.22. The molecule has 1 aromatic carbocycles. The largest absolute Gasteiger partial charge is 0.497 e. The van der Waals surface area contributed by atoms with E-state index in [1.165, 1.54) is 19.1 Å². The second-order valence-corrected chi connectivity index (χ2v) is 7.41. The van der Waals surface area contributed by atoms with Crippen molar-refractivity contribution in [1.29, 1.82) is 0 Å². The summed E-state index contributed by atoms with van der Waals surface area (Å²) in [5, 5.41) is 5.61. The summed E-state index contributed by atoms with van der Waals surface area (Å²) >= 11 is 0. The van der Waals surface area contributed by atoms with Gasteiger partial charge in [0.15, 0.2) is 0 Å². The molecule has 8 nitrogen and oxygen atoms in total. The van der Waals surface area contributed by atoms with E-state index >= 15 is 0 Å². The smallest absolute Gasteiger partial charge is 0.252 e. The van der Waals surface area contributed by atoms with Crippen molar-refractivity contribution >= 4 is 17.7 Å². The van der Waals surface area contributed by atoms with Gasteiger partial charge in [-0.15, -0.1) is 0 Å². The molecule has 168 valence electrons. The lowest BCUT2D eigenvalue weighted by atomic mass is 10.0. The Morgan fingerprint density at radius 1 is 1.00 bits per heavy atom. The average molecular weight is 422 g/mol. The summed E-state index contributed by atoms with van der Waals surface area (Å²) < 4.78 is 10.4. The third-order valence-electron chi connectivity index (χ3n) is 4.54. The molecule has 1 atom stereocenters. The number of hydrogen-bond donors (Lipinski definition) is 2. The van der Waals surface area contributed by atoms with Crippen LogP contribution in [0.25, 0.3) is 0 Å². The summed E-state index contributed by atoms with van der Waals surface area (Å²) in [6, 6.07) is 4.07. The predicted molar refractivity (Wildman–Crippen MR) is 116 cm³/mol. The van der Waals surface area contributed by atoms with Crippen LogP contribution in [0, 0.1) is 5.92 Å². The molecule has 0 heterocycles. The zero-order valence-electron chi connectivity index (χ0n) is 18.9. The first kappa shape index (κ1) is 25.3. The first-order chi connectivity index (χ1) is 14.3. The maximum Gasteiger partial charge on any atom is 0.252 e. The number of nitrogens with one attached hydrogen (secondary N) is 2. The molecule has 0 aromatic heterocycles. The summed E-state index contributed by atoms with van der Waals surface area (Å²) in [4.78, 5) is 39.7. The second kappa shape index (κ2) is 12.7. The minimum Gasteiger partial charge on any atom is -0.497 e. The fourth-order valence-electron chi connectivity index (χ4n) is 2.90. The van der Waals surface area contributed by atoms with E-state index in [9.17, 15) is 14.4 Å². The minimum atomic E-state index is -0.764. The van der Waals surface area contributed by atoms with Crippen LogP contribution in [-0.2, 0) is 9.59 Å². The number of nitrogens with zero attached hydrogens (tertiary/aromatic N) is 1. The molecule has 8 heteroatoms. The topological polar surface area (TPSA) is 97.0 Å². The van der Waals surface area contributed by atoms with Gasteiger partial charge in [-0.3, -0.25) is 14.4 Å². The third-order valence-corrected chi connectivity index (χ3v) is 4.54. The highest BCUT2D eigenvalue weighted by Gasteiger charge is 2.30. The molecule has 0 radical (unpaired) electrons. The van der Waals surface area contributed by atoms with Gasteiger partial charge >= 0.3 is 0 Å². The van der Waals surface area contributed by atoms with Gasteiger partial charge in [-0.25, -0.2) is 0 Å².